The van der Waals surface area contributed by atoms with Crippen molar-refractivity contribution in [3.8, 4) is 17.2 Å². The lowest BCUT2D eigenvalue weighted by atomic mass is 9.88. The third-order valence-corrected chi connectivity index (χ3v) is 4.31. The summed E-state index contributed by atoms with van der Waals surface area (Å²) in [4.78, 5) is 23.8. The number of methoxy groups -OCH3 is 1. The highest BCUT2D eigenvalue weighted by Crippen LogP contribution is 2.40. The number of benzene rings is 1. The fourth-order valence-electron chi connectivity index (χ4n) is 2.73. The molecular formula is C17H23NO6. The number of ether oxygens (including phenoxy) is 3. The zero-order valence-electron chi connectivity index (χ0n) is 14.2. The zero-order chi connectivity index (χ0) is 17.7. The molecule has 1 aliphatic rings. The summed E-state index contributed by atoms with van der Waals surface area (Å²) in [6.07, 6.45) is 0.903. The summed E-state index contributed by atoms with van der Waals surface area (Å²) in [5.74, 6) is 0.0221. The first kappa shape index (κ1) is 17.9. The quantitative estimate of drug-likeness (QED) is 0.792. The molecule has 0 saturated carbocycles. The molecule has 0 aromatic heterocycles. The van der Waals surface area contributed by atoms with Crippen molar-refractivity contribution in [3.05, 3.63) is 17.7 Å². The van der Waals surface area contributed by atoms with Crippen molar-refractivity contribution in [3.63, 3.8) is 0 Å². The second-order valence-electron chi connectivity index (χ2n) is 5.71. The van der Waals surface area contributed by atoms with Crippen molar-refractivity contribution in [1.82, 2.24) is 5.32 Å². The monoisotopic (exact) mass is 337 g/mol. The van der Waals surface area contributed by atoms with E-state index in [2.05, 4.69) is 5.32 Å². The number of aliphatic carboxylic acids is 1. The molecule has 0 bridgehead atoms. The summed E-state index contributed by atoms with van der Waals surface area (Å²) in [7, 11) is 1.49. The van der Waals surface area contributed by atoms with E-state index in [0.29, 0.717) is 48.9 Å². The van der Waals surface area contributed by atoms with E-state index in [1.54, 1.807) is 12.1 Å². The van der Waals surface area contributed by atoms with Crippen LogP contribution in [0.5, 0.6) is 17.2 Å². The second kappa shape index (κ2) is 7.42. The predicted molar refractivity (Wildman–Crippen MR) is 87.0 cm³/mol. The molecule has 0 radical (unpaired) electrons. The molecule has 0 aliphatic carbocycles. The molecule has 24 heavy (non-hydrogen) atoms. The molecule has 7 heteroatoms. The Bertz CT molecular complexity index is 607. The van der Waals surface area contributed by atoms with Gasteiger partial charge in [0.25, 0.3) is 5.91 Å². The molecule has 0 unspecified atom stereocenters. The van der Waals surface area contributed by atoms with Crippen molar-refractivity contribution in [1.29, 1.82) is 0 Å². The molecule has 0 fully saturated rings. The van der Waals surface area contributed by atoms with E-state index in [-0.39, 0.29) is 12.3 Å². The fraction of sp³-hybridized carbons (Fsp3) is 0.529. The molecule has 0 atom stereocenters. The summed E-state index contributed by atoms with van der Waals surface area (Å²) >= 11 is 0. The van der Waals surface area contributed by atoms with Gasteiger partial charge >= 0.3 is 5.97 Å². The largest absolute Gasteiger partial charge is 0.493 e. The van der Waals surface area contributed by atoms with Crippen LogP contribution in [0.15, 0.2) is 12.1 Å². The maximum atomic E-state index is 12.7. The smallest absolute Gasteiger partial charge is 0.305 e. The van der Waals surface area contributed by atoms with E-state index in [1.165, 1.54) is 7.11 Å². The molecule has 1 aromatic carbocycles. The number of carboxylic acids is 1. The lowest BCUT2D eigenvalue weighted by Gasteiger charge is -2.31. The van der Waals surface area contributed by atoms with E-state index < -0.39 is 11.5 Å². The van der Waals surface area contributed by atoms with Gasteiger partial charge in [-0.05, 0) is 25.0 Å². The average Bonchev–Trinajstić information content (AvgIpc) is 2.59. The number of nitrogens with one attached hydrogen (secondary N) is 1. The lowest BCUT2D eigenvalue weighted by Crippen LogP contribution is -2.49. The molecule has 1 heterocycles. The number of rotatable bonds is 7. The highest BCUT2D eigenvalue weighted by atomic mass is 16.6. The van der Waals surface area contributed by atoms with Crippen LogP contribution in [0.1, 0.15) is 43.5 Å². The van der Waals surface area contributed by atoms with E-state index in [4.69, 9.17) is 19.3 Å². The molecular weight excluding hydrogens is 314 g/mol. The third kappa shape index (κ3) is 3.72. The van der Waals surface area contributed by atoms with E-state index >= 15 is 0 Å². The first-order valence-corrected chi connectivity index (χ1v) is 7.96. The van der Waals surface area contributed by atoms with Gasteiger partial charge in [0.15, 0.2) is 11.5 Å². The van der Waals surface area contributed by atoms with Crippen molar-refractivity contribution in [2.75, 3.05) is 20.3 Å². The van der Waals surface area contributed by atoms with Gasteiger partial charge < -0.3 is 24.6 Å². The second-order valence-corrected chi connectivity index (χ2v) is 5.71. The summed E-state index contributed by atoms with van der Waals surface area (Å²) in [5.41, 5.74) is -0.448. The molecule has 1 aromatic rings. The number of fused-ring (bicyclic) bond motifs is 1. The molecule has 132 valence electrons. The summed E-state index contributed by atoms with van der Waals surface area (Å²) in [6, 6.07) is 3.16. The SMILES string of the molecule is CCC(CC)(CC(=O)O)NC(=O)c1cc(OC)c2c(c1)OCCO2. The van der Waals surface area contributed by atoms with Crippen LogP contribution in [-0.4, -0.2) is 42.8 Å². The molecule has 2 N–H and O–H groups in total. The lowest BCUT2D eigenvalue weighted by molar-refractivity contribution is -0.138. The van der Waals surface area contributed by atoms with Crippen molar-refractivity contribution < 1.29 is 28.9 Å². The van der Waals surface area contributed by atoms with Crippen molar-refractivity contribution in [2.45, 2.75) is 38.6 Å². The summed E-state index contributed by atoms with van der Waals surface area (Å²) in [5, 5.41) is 12.0. The first-order valence-electron chi connectivity index (χ1n) is 7.96. The van der Waals surface area contributed by atoms with Gasteiger partial charge in [0.1, 0.15) is 13.2 Å². The van der Waals surface area contributed by atoms with Gasteiger partial charge in [-0.1, -0.05) is 13.8 Å². The standard InChI is InChI=1S/C17H23NO6/c1-4-17(5-2,10-14(19)20)18-16(21)11-8-12(22-3)15-13(9-11)23-6-7-24-15/h8-9H,4-7,10H2,1-3H3,(H,18,21)(H,19,20). The van der Waals surface area contributed by atoms with Crippen LogP contribution in [-0.2, 0) is 4.79 Å². The van der Waals surface area contributed by atoms with Gasteiger partial charge in [0.05, 0.1) is 19.1 Å². The van der Waals surface area contributed by atoms with Crippen LogP contribution in [0.4, 0.5) is 0 Å². The predicted octanol–water partition coefficient (Wildman–Crippen LogP) is 2.23. The van der Waals surface area contributed by atoms with E-state index in [9.17, 15) is 9.59 Å². The number of hydrogen-bond donors (Lipinski definition) is 2. The van der Waals surface area contributed by atoms with Gasteiger partial charge in [-0.3, -0.25) is 9.59 Å². The van der Waals surface area contributed by atoms with Crippen LogP contribution in [0.3, 0.4) is 0 Å². The Morgan fingerprint density at radius 1 is 1.25 bits per heavy atom. The zero-order valence-corrected chi connectivity index (χ0v) is 14.2. The molecule has 0 saturated heterocycles. The Morgan fingerprint density at radius 2 is 1.92 bits per heavy atom. The Kier molecular flexibility index (Phi) is 5.54. The van der Waals surface area contributed by atoms with Crippen LogP contribution >= 0.6 is 0 Å². The summed E-state index contributed by atoms with van der Waals surface area (Å²) in [6.45, 7) is 4.53. The Hall–Kier alpha value is -2.44. The fourth-order valence-corrected chi connectivity index (χ4v) is 2.73. The average molecular weight is 337 g/mol. The molecule has 0 spiro atoms. The number of amides is 1. The molecule has 7 nitrogen and oxygen atoms in total. The number of carbonyl (C=O) groups excluding carboxylic acids is 1. The van der Waals surface area contributed by atoms with Gasteiger partial charge in [0, 0.05) is 5.56 Å². The topological polar surface area (TPSA) is 94.1 Å². The number of carbonyl (C=O) groups is 2. The first-order chi connectivity index (χ1) is 11.4. The van der Waals surface area contributed by atoms with Gasteiger partial charge in [0.2, 0.25) is 5.75 Å². The highest BCUT2D eigenvalue weighted by molar-refractivity contribution is 5.96. The third-order valence-electron chi connectivity index (χ3n) is 4.31. The number of hydrogen-bond acceptors (Lipinski definition) is 5. The summed E-state index contributed by atoms with van der Waals surface area (Å²) < 4.78 is 16.3. The minimum absolute atomic E-state index is 0.132. The minimum Gasteiger partial charge on any atom is -0.493 e. The van der Waals surface area contributed by atoms with Crippen LogP contribution in [0, 0.1) is 0 Å². The van der Waals surface area contributed by atoms with Gasteiger partial charge in [-0.2, -0.15) is 0 Å². The Morgan fingerprint density at radius 3 is 2.50 bits per heavy atom. The molecule has 1 aliphatic heterocycles. The van der Waals surface area contributed by atoms with Crippen molar-refractivity contribution >= 4 is 11.9 Å². The van der Waals surface area contributed by atoms with Gasteiger partial charge in [-0.15, -0.1) is 0 Å². The van der Waals surface area contributed by atoms with Crippen LogP contribution in [0.25, 0.3) is 0 Å². The number of carboxylic acid groups (broad SMARTS) is 1. The van der Waals surface area contributed by atoms with Crippen molar-refractivity contribution in [2.24, 2.45) is 0 Å². The van der Waals surface area contributed by atoms with E-state index in [1.807, 2.05) is 13.8 Å². The van der Waals surface area contributed by atoms with E-state index in [0.717, 1.165) is 0 Å². The highest BCUT2D eigenvalue weighted by Gasteiger charge is 2.32. The van der Waals surface area contributed by atoms with Gasteiger partial charge in [-0.25, -0.2) is 0 Å². The minimum atomic E-state index is -0.946. The normalized spacial score (nSPS) is 13.3. The van der Waals surface area contributed by atoms with Crippen LogP contribution in [0.2, 0.25) is 0 Å². The molecule has 2 rings (SSSR count). The maximum Gasteiger partial charge on any atom is 0.305 e. The Balaban J connectivity index is 2.30. The van der Waals surface area contributed by atoms with Crippen LogP contribution < -0.4 is 19.5 Å². The Labute approximate surface area is 140 Å². The maximum absolute atomic E-state index is 12.7. The molecule has 1 amide bonds.